The van der Waals surface area contributed by atoms with E-state index in [1.807, 2.05) is 13.0 Å². The molecule has 0 atom stereocenters. The zero-order valence-electron chi connectivity index (χ0n) is 8.14. The fourth-order valence-corrected chi connectivity index (χ4v) is 2.53. The summed E-state index contributed by atoms with van der Waals surface area (Å²) in [6.45, 7) is 3.62. The molecule has 1 aliphatic heterocycles. The highest BCUT2D eigenvalue weighted by Gasteiger charge is 2.16. The predicted octanol–water partition coefficient (Wildman–Crippen LogP) is 0.354. The van der Waals surface area contributed by atoms with Crippen LogP contribution in [0, 0.1) is 6.92 Å². The molecule has 1 saturated heterocycles. The summed E-state index contributed by atoms with van der Waals surface area (Å²) >= 11 is 0. The Labute approximate surface area is 85.8 Å². The van der Waals surface area contributed by atoms with Crippen molar-refractivity contribution in [3.05, 3.63) is 18.1 Å². The number of nitrogens with zero attached hydrogens (tertiary/aromatic N) is 3. The van der Waals surface area contributed by atoms with Crippen LogP contribution in [0.25, 0.3) is 0 Å². The van der Waals surface area contributed by atoms with Crippen LogP contribution < -0.4 is 4.90 Å². The standard InChI is InChI=1S/C9H13N3OS/c1-8-6-9(11-7-10-8)12-2-4-14(13)5-3-12/h6-7H,2-5H2,1H3. The number of anilines is 1. The van der Waals surface area contributed by atoms with Crippen molar-refractivity contribution in [3.63, 3.8) is 0 Å². The molecule has 5 heteroatoms. The Balaban J connectivity index is 2.12. The first-order chi connectivity index (χ1) is 6.75. The number of aromatic nitrogens is 2. The Bertz CT molecular complexity index is 346. The number of aryl methyl sites for hydroxylation is 1. The first-order valence-electron chi connectivity index (χ1n) is 4.64. The molecule has 4 nitrogen and oxygen atoms in total. The number of hydrogen-bond acceptors (Lipinski definition) is 4. The average Bonchev–Trinajstić information content (AvgIpc) is 2.19. The van der Waals surface area contributed by atoms with E-state index < -0.39 is 10.8 Å². The summed E-state index contributed by atoms with van der Waals surface area (Å²) in [5, 5.41) is 0. The maximum absolute atomic E-state index is 11.2. The van der Waals surface area contributed by atoms with Gasteiger partial charge >= 0.3 is 0 Å². The molecule has 1 fully saturated rings. The van der Waals surface area contributed by atoms with E-state index >= 15 is 0 Å². The Hall–Kier alpha value is -0.970. The molecule has 0 aromatic carbocycles. The van der Waals surface area contributed by atoms with Crippen LogP contribution in [0.1, 0.15) is 5.69 Å². The molecular weight excluding hydrogens is 198 g/mol. The van der Waals surface area contributed by atoms with Gasteiger partial charge in [-0.1, -0.05) is 0 Å². The van der Waals surface area contributed by atoms with Crippen molar-refractivity contribution < 1.29 is 4.21 Å². The molecule has 0 aliphatic carbocycles. The number of hydrogen-bond donors (Lipinski definition) is 0. The third-order valence-electron chi connectivity index (χ3n) is 2.29. The maximum Gasteiger partial charge on any atom is 0.132 e. The molecule has 0 bridgehead atoms. The lowest BCUT2D eigenvalue weighted by molar-refractivity contribution is 0.672. The molecule has 0 unspecified atom stereocenters. The average molecular weight is 211 g/mol. The first-order valence-corrected chi connectivity index (χ1v) is 6.13. The van der Waals surface area contributed by atoms with E-state index in [9.17, 15) is 4.21 Å². The zero-order valence-corrected chi connectivity index (χ0v) is 8.96. The largest absolute Gasteiger partial charge is 0.355 e. The monoisotopic (exact) mass is 211 g/mol. The molecule has 0 spiro atoms. The van der Waals surface area contributed by atoms with Gasteiger partial charge in [0.15, 0.2) is 0 Å². The van der Waals surface area contributed by atoms with Crippen LogP contribution in [0.2, 0.25) is 0 Å². The second-order valence-corrected chi connectivity index (χ2v) is 5.05. The van der Waals surface area contributed by atoms with Gasteiger partial charge in [-0.2, -0.15) is 0 Å². The molecule has 76 valence electrons. The zero-order chi connectivity index (χ0) is 9.97. The summed E-state index contributed by atoms with van der Waals surface area (Å²) in [5.74, 6) is 2.46. The quantitative estimate of drug-likeness (QED) is 0.672. The van der Waals surface area contributed by atoms with E-state index in [0.29, 0.717) is 0 Å². The van der Waals surface area contributed by atoms with Crippen molar-refractivity contribution in [1.82, 2.24) is 9.97 Å². The summed E-state index contributed by atoms with van der Waals surface area (Å²) in [4.78, 5) is 10.4. The molecule has 14 heavy (non-hydrogen) atoms. The molecule has 2 heterocycles. The summed E-state index contributed by atoms with van der Waals surface area (Å²) in [6, 6.07) is 1.97. The van der Waals surface area contributed by atoms with Gasteiger partial charge in [0.05, 0.1) is 0 Å². The topological polar surface area (TPSA) is 46.1 Å². The Morgan fingerprint density at radius 3 is 2.71 bits per heavy atom. The van der Waals surface area contributed by atoms with E-state index in [2.05, 4.69) is 14.9 Å². The fraction of sp³-hybridized carbons (Fsp3) is 0.556. The second kappa shape index (κ2) is 4.04. The molecule has 0 N–H and O–H groups in total. The normalized spacial score (nSPS) is 18.5. The number of rotatable bonds is 1. The fourth-order valence-electron chi connectivity index (χ4n) is 1.48. The lowest BCUT2D eigenvalue weighted by Crippen LogP contribution is -2.38. The van der Waals surface area contributed by atoms with Crippen molar-refractivity contribution >= 4 is 16.6 Å². The molecular formula is C9H13N3OS. The van der Waals surface area contributed by atoms with Crippen molar-refractivity contribution in [2.24, 2.45) is 0 Å². The van der Waals surface area contributed by atoms with Crippen LogP contribution in [0.4, 0.5) is 5.82 Å². The smallest absolute Gasteiger partial charge is 0.132 e. The summed E-state index contributed by atoms with van der Waals surface area (Å²) in [5.41, 5.74) is 0.974. The van der Waals surface area contributed by atoms with Gasteiger partial charge in [0.2, 0.25) is 0 Å². The summed E-state index contributed by atoms with van der Waals surface area (Å²) < 4.78 is 11.2. The molecule has 1 aromatic heterocycles. The third-order valence-corrected chi connectivity index (χ3v) is 3.57. The minimum Gasteiger partial charge on any atom is -0.355 e. The van der Waals surface area contributed by atoms with Gasteiger partial charge in [0.1, 0.15) is 12.1 Å². The van der Waals surface area contributed by atoms with Gasteiger partial charge in [-0.05, 0) is 6.92 Å². The van der Waals surface area contributed by atoms with Gasteiger partial charge in [0.25, 0.3) is 0 Å². The Kier molecular flexibility index (Phi) is 2.77. The van der Waals surface area contributed by atoms with Crippen LogP contribution in [0.5, 0.6) is 0 Å². The highest BCUT2D eigenvalue weighted by Crippen LogP contribution is 2.12. The van der Waals surface area contributed by atoms with Crippen molar-refractivity contribution in [3.8, 4) is 0 Å². The van der Waals surface area contributed by atoms with Gasteiger partial charge in [-0.25, -0.2) is 9.97 Å². The van der Waals surface area contributed by atoms with E-state index in [1.54, 1.807) is 6.33 Å². The Morgan fingerprint density at radius 1 is 1.36 bits per heavy atom. The van der Waals surface area contributed by atoms with Crippen molar-refractivity contribution in [2.45, 2.75) is 6.92 Å². The predicted molar refractivity (Wildman–Crippen MR) is 56.9 cm³/mol. The van der Waals surface area contributed by atoms with Crippen molar-refractivity contribution in [1.29, 1.82) is 0 Å². The molecule has 2 rings (SSSR count). The van der Waals surface area contributed by atoms with Crippen LogP contribution in [-0.4, -0.2) is 38.8 Å². The Morgan fingerprint density at radius 2 is 2.07 bits per heavy atom. The second-order valence-electron chi connectivity index (χ2n) is 3.35. The maximum atomic E-state index is 11.2. The molecule has 1 aromatic rings. The van der Waals surface area contributed by atoms with Crippen LogP contribution >= 0.6 is 0 Å². The molecule has 0 saturated carbocycles. The van der Waals surface area contributed by atoms with Crippen LogP contribution in [0.15, 0.2) is 12.4 Å². The van der Waals surface area contributed by atoms with E-state index in [0.717, 1.165) is 36.1 Å². The minimum atomic E-state index is -0.625. The lowest BCUT2D eigenvalue weighted by atomic mass is 10.4. The SMILES string of the molecule is Cc1cc(N2CCS(=O)CC2)ncn1. The van der Waals surface area contributed by atoms with Crippen molar-refractivity contribution in [2.75, 3.05) is 29.5 Å². The van der Waals surface area contributed by atoms with Crippen LogP contribution in [-0.2, 0) is 10.8 Å². The van der Waals surface area contributed by atoms with E-state index in [4.69, 9.17) is 0 Å². The summed E-state index contributed by atoms with van der Waals surface area (Å²) in [7, 11) is -0.625. The third kappa shape index (κ3) is 2.09. The van der Waals surface area contributed by atoms with Gasteiger partial charge in [-0.15, -0.1) is 0 Å². The van der Waals surface area contributed by atoms with Crippen LogP contribution in [0.3, 0.4) is 0 Å². The summed E-state index contributed by atoms with van der Waals surface area (Å²) in [6.07, 6.45) is 1.58. The highest BCUT2D eigenvalue weighted by atomic mass is 32.2. The van der Waals surface area contributed by atoms with Gasteiger partial charge < -0.3 is 4.90 Å². The van der Waals surface area contributed by atoms with E-state index in [-0.39, 0.29) is 0 Å². The van der Waals surface area contributed by atoms with Gasteiger partial charge in [0, 0.05) is 47.2 Å². The molecule has 0 radical (unpaired) electrons. The van der Waals surface area contributed by atoms with Gasteiger partial charge in [-0.3, -0.25) is 4.21 Å². The molecule has 1 aliphatic rings. The lowest BCUT2D eigenvalue weighted by Gasteiger charge is -2.27. The minimum absolute atomic E-state index is 0.625. The van der Waals surface area contributed by atoms with E-state index in [1.165, 1.54) is 0 Å². The first kappa shape index (κ1) is 9.58. The molecule has 0 amide bonds. The highest BCUT2D eigenvalue weighted by molar-refractivity contribution is 7.85.